The van der Waals surface area contributed by atoms with E-state index >= 15 is 0 Å². The Morgan fingerprint density at radius 1 is 1.28 bits per heavy atom. The van der Waals surface area contributed by atoms with Crippen LogP contribution in [0.15, 0.2) is 30.5 Å². The minimum atomic E-state index is 0.509. The van der Waals surface area contributed by atoms with E-state index in [-0.39, 0.29) is 0 Å². The predicted octanol–water partition coefficient (Wildman–Crippen LogP) is 3.25. The number of piperazine rings is 1. The first-order valence-electron chi connectivity index (χ1n) is 8.70. The molecule has 0 amide bonds. The Morgan fingerprint density at radius 3 is 3.08 bits per heavy atom. The molecule has 1 atom stereocenters. The van der Waals surface area contributed by atoms with Crippen molar-refractivity contribution in [2.75, 3.05) is 24.5 Å². The van der Waals surface area contributed by atoms with E-state index in [0.29, 0.717) is 16.8 Å². The molecule has 0 aliphatic carbocycles. The van der Waals surface area contributed by atoms with E-state index in [0.717, 1.165) is 42.2 Å². The van der Waals surface area contributed by atoms with Gasteiger partial charge in [-0.2, -0.15) is 5.10 Å². The summed E-state index contributed by atoms with van der Waals surface area (Å²) in [5.41, 5.74) is 2.19. The Hall–Kier alpha value is -2.18. The predicted molar refractivity (Wildman–Crippen MR) is 101 cm³/mol. The van der Waals surface area contributed by atoms with Crippen LogP contribution in [0.3, 0.4) is 0 Å². The first kappa shape index (κ1) is 16.3. The Morgan fingerprint density at radius 2 is 2.20 bits per heavy atom. The molecule has 7 heteroatoms. The van der Waals surface area contributed by atoms with Crippen LogP contribution in [-0.2, 0) is 0 Å². The topological polar surface area (TPSA) is 69.7 Å². The number of H-pyrrole nitrogens is 1. The summed E-state index contributed by atoms with van der Waals surface area (Å²) in [6, 6.07) is 8.29. The van der Waals surface area contributed by atoms with Gasteiger partial charge in [-0.05, 0) is 30.7 Å². The van der Waals surface area contributed by atoms with Gasteiger partial charge in [0.25, 0.3) is 0 Å². The van der Waals surface area contributed by atoms with E-state index in [4.69, 9.17) is 16.6 Å². The maximum Gasteiger partial charge on any atom is 0.155 e. The summed E-state index contributed by atoms with van der Waals surface area (Å²) in [7, 11) is 0. The molecule has 1 saturated heterocycles. The quantitative estimate of drug-likeness (QED) is 0.751. The van der Waals surface area contributed by atoms with Crippen LogP contribution in [0.25, 0.3) is 22.4 Å². The smallest absolute Gasteiger partial charge is 0.155 e. The van der Waals surface area contributed by atoms with Crippen molar-refractivity contribution in [2.24, 2.45) is 0 Å². The normalized spacial score (nSPS) is 18.0. The molecule has 3 aromatic heterocycles. The molecule has 2 N–H and O–H groups in total. The second-order valence-electron chi connectivity index (χ2n) is 6.36. The van der Waals surface area contributed by atoms with Crippen molar-refractivity contribution in [3.63, 3.8) is 0 Å². The molecule has 6 nitrogen and oxygen atoms in total. The van der Waals surface area contributed by atoms with Crippen LogP contribution in [-0.4, -0.2) is 45.8 Å². The van der Waals surface area contributed by atoms with Crippen molar-refractivity contribution < 1.29 is 0 Å². The summed E-state index contributed by atoms with van der Waals surface area (Å²) in [4.78, 5) is 11.5. The van der Waals surface area contributed by atoms with Crippen molar-refractivity contribution in [1.29, 1.82) is 0 Å². The van der Waals surface area contributed by atoms with E-state index in [1.165, 1.54) is 12.8 Å². The van der Waals surface area contributed by atoms with Crippen LogP contribution in [0.5, 0.6) is 0 Å². The van der Waals surface area contributed by atoms with Gasteiger partial charge in [0.15, 0.2) is 5.65 Å². The van der Waals surface area contributed by atoms with Gasteiger partial charge in [0, 0.05) is 37.3 Å². The molecular formula is C18H21ClN6. The van der Waals surface area contributed by atoms with Gasteiger partial charge < -0.3 is 10.2 Å². The SMILES string of the molecule is CCCC1CN(c2ccc(Cl)c(-c3n[nH]c4ncccc34)n2)CCN1. The molecule has 1 aliphatic heterocycles. The summed E-state index contributed by atoms with van der Waals surface area (Å²) >= 11 is 6.44. The zero-order valence-corrected chi connectivity index (χ0v) is 14.9. The second-order valence-corrected chi connectivity index (χ2v) is 6.76. The number of halogens is 1. The summed E-state index contributed by atoms with van der Waals surface area (Å²) in [5, 5.41) is 12.4. The van der Waals surface area contributed by atoms with Crippen LogP contribution >= 0.6 is 11.6 Å². The molecule has 4 rings (SSSR count). The van der Waals surface area contributed by atoms with Crippen LogP contribution in [0.1, 0.15) is 19.8 Å². The van der Waals surface area contributed by atoms with Crippen molar-refractivity contribution in [1.82, 2.24) is 25.5 Å². The average Bonchev–Trinajstić information content (AvgIpc) is 3.07. The lowest BCUT2D eigenvalue weighted by molar-refractivity contribution is 0.429. The fourth-order valence-corrected chi connectivity index (χ4v) is 3.58. The van der Waals surface area contributed by atoms with Gasteiger partial charge in [-0.25, -0.2) is 9.97 Å². The number of anilines is 1. The maximum atomic E-state index is 6.44. The van der Waals surface area contributed by atoms with E-state index < -0.39 is 0 Å². The van der Waals surface area contributed by atoms with Crippen LogP contribution in [0.2, 0.25) is 5.02 Å². The molecule has 0 aromatic carbocycles. The minimum Gasteiger partial charge on any atom is -0.354 e. The first-order valence-corrected chi connectivity index (χ1v) is 9.08. The summed E-state index contributed by atoms with van der Waals surface area (Å²) in [6.07, 6.45) is 4.09. The Labute approximate surface area is 151 Å². The monoisotopic (exact) mass is 356 g/mol. The highest BCUT2D eigenvalue weighted by Crippen LogP contribution is 2.31. The van der Waals surface area contributed by atoms with E-state index in [2.05, 4.69) is 32.3 Å². The number of hydrogen-bond acceptors (Lipinski definition) is 5. The average molecular weight is 357 g/mol. The molecule has 1 unspecified atom stereocenters. The van der Waals surface area contributed by atoms with Gasteiger partial charge in [-0.1, -0.05) is 24.9 Å². The third-order valence-electron chi connectivity index (χ3n) is 4.61. The number of rotatable bonds is 4. The largest absolute Gasteiger partial charge is 0.354 e. The molecule has 3 aromatic rings. The zero-order chi connectivity index (χ0) is 17.2. The second kappa shape index (κ2) is 6.98. The Kier molecular flexibility index (Phi) is 4.55. The molecule has 130 valence electrons. The van der Waals surface area contributed by atoms with Crippen molar-refractivity contribution in [3.05, 3.63) is 35.5 Å². The standard InChI is InChI=1S/C18H21ClN6/c1-2-4-12-11-25(10-9-20-12)15-7-6-14(19)17(22-15)16-13-5-3-8-21-18(13)24-23-16/h3,5-8,12,20H,2,4,9-11H2,1H3,(H,21,23,24). The number of nitrogens with zero attached hydrogens (tertiary/aromatic N) is 4. The maximum absolute atomic E-state index is 6.44. The number of aromatic nitrogens is 4. The molecule has 0 radical (unpaired) electrons. The molecule has 0 spiro atoms. The molecule has 0 bridgehead atoms. The lowest BCUT2D eigenvalue weighted by Crippen LogP contribution is -2.50. The highest BCUT2D eigenvalue weighted by molar-refractivity contribution is 6.33. The number of hydrogen-bond donors (Lipinski definition) is 2. The lowest BCUT2D eigenvalue weighted by Gasteiger charge is -2.34. The number of aromatic amines is 1. The third kappa shape index (κ3) is 3.19. The number of pyridine rings is 2. The summed E-state index contributed by atoms with van der Waals surface area (Å²) < 4.78 is 0. The van der Waals surface area contributed by atoms with Gasteiger partial charge >= 0.3 is 0 Å². The van der Waals surface area contributed by atoms with E-state index in [9.17, 15) is 0 Å². The fraction of sp³-hybridized carbons (Fsp3) is 0.389. The van der Waals surface area contributed by atoms with Crippen molar-refractivity contribution >= 4 is 28.5 Å². The van der Waals surface area contributed by atoms with Crippen molar-refractivity contribution in [2.45, 2.75) is 25.8 Å². The van der Waals surface area contributed by atoms with Gasteiger partial charge in [0.1, 0.15) is 17.2 Å². The molecule has 25 heavy (non-hydrogen) atoms. The Bertz CT molecular complexity index is 875. The van der Waals surface area contributed by atoms with Crippen molar-refractivity contribution in [3.8, 4) is 11.4 Å². The summed E-state index contributed by atoms with van der Waals surface area (Å²) in [5.74, 6) is 0.946. The zero-order valence-electron chi connectivity index (χ0n) is 14.2. The number of nitrogens with one attached hydrogen (secondary N) is 2. The third-order valence-corrected chi connectivity index (χ3v) is 4.91. The molecule has 1 fully saturated rings. The lowest BCUT2D eigenvalue weighted by atomic mass is 10.1. The fourth-order valence-electron chi connectivity index (χ4n) is 3.38. The highest BCUT2D eigenvalue weighted by atomic mass is 35.5. The van der Waals surface area contributed by atoms with Gasteiger partial charge in [0.05, 0.1) is 5.02 Å². The van der Waals surface area contributed by atoms with Gasteiger partial charge in [-0.15, -0.1) is 0 Å². The molecule has 0 saturated carbocycles. The molecular weight excluding hydrogens is 336 g/mol. The summed E-state index contributed by atoms with van der Waals surface area (Å²) in [6.45, 7) is 5.09. The molecule has 1 aliphatic rings. The number of fused-ring (bicyclic) bond motifs is 1. The van der Waals surface area contributed by atoms with Gasteiger partial charge in [-0.3, -0.25) is 5.10 Å². The minimum absolute atomic E-state index is 0.509. The van der Waals surface area contributed by atoms with Gasteiger partial charge in [0.2, 0.25) is 0 Å². The van der Waals surface area contributed by atoms with Crippen LogP contribution in [0.4, 0.5) is 5.82 Å². The highest BCUT2D eigenvalue weighted by Gasteiger charge is 2.21. The van der Waals surface area contributed by atoms with E-state index in [1.807, 2.05) is 24.3 Å². The Balaban J connectivity index is 1.69. The van der Waals surface area contributed by atoms with E-state index in [1.54, 1.807) is 6.20 Å². The first-order chi connectivity index (χ1) is 12.3. The van der Waals surface area contributed by atoms with Crippen LogP contribution in [0, 0.1) is 0 Å². The molecule has 4 heterocycles. The van der Waals surface area contributed by atoms with Crippen LogP contribution < -0.4 is 10.2 Å².